The summed E-state index contributed by atoms with van der Waals surface area (Å²) in [6.07, 6.45) is 0. The van der Waals surface area contributed by atoms with E-state index in [4.69, 9.17) is 23.2 Å². The van der Waals surface area contributed by atoms with E-state index in [9.17, 15) is 4.39 Å². The van der Waals surface area contributed by atoms with Gasteiger partial charge in [0, 0.05) is 27.3 Å². The molecule has 0 atom stereocenters. The molecule has 2 aromatic carbocycles. The van der Waals surface area contributed by atoms with Crippen LogP contribution in [0.15, 0.2) is 54.1 Å². The van der Waals surface area contributed by atoms with E-state index in [2.05, 4.69) is 0 Å². The van der Waals surface area contributed by atoms with Crippen LogP contribution in [0.25, 0.3) is 5.57 Å². The third-order valence-electron chi connectivity index (χ3n) is 2.44. The molecule has 2 aromatic rings. The highest BCUT2D eigenvalue weighted by Gasteiger charge is 2.11. The molecule has 0 bridgehead atoms. The molecule has 0 nitrogen and oxygen atoms in total. The first-order valence-electron chi connectivity index (χ1n) is 5.04. The third-order valence-corrected chi connectivity index (χ3v) is 2.98. The molecule has 0 heterocycles. The first-order chi connectivity index (χ1) is 8.24. The average molecular weight is 267 g/mol. The van der Waals surface area contributed by atoms with Crippen molar-refractivity contribution in [2.45, 2.75) is 0 Å². The van der Waals surface area contributed by atoms with E-state index in [0.29, 0.717) is 21.7 Å². The zero-order chi connectivity index (χ0) is 12.3. The van der Waals surface area contributed by atoms with Gasteiger partial charge in [-0.1, -0.05) is 59.6 Å². The van der Waals surface area contributed by atoms with Crippen LogP contribution in [-0.4, -0.2) is 0 Å². The highest BCUT2D eigenvalue weighted by Crippen LogP contribution is 2.31. The lowest BCUT2D eigenvalue weighted by molar-refractivity contribution is 0.624. The van der Waals surface area contributed by atoms with Crippen molar-refractivity contribution in [2.75, 3.05) is 0 Å². The molecule has 3 heteroatoms. The first-order valence-corrected chi connectivity index (χ1v) is 5.85. The molecule has 0 aliphatic carbocycles. The fourth-order valence-corrected chi connectivity index (χ4v) is 2.09. The van der Waals surface area contributed by atoms with E-state index < -0.39 is 0 Å². The predicted molar refractivity (Wildman–Crippen MR) is 70.8 cm³/mol. The fourth-order valence-electron chi connectivity index (χ4n) is 1.62. The van der Waals surface area contributed by atoms with Crippen LogP contribution >= 0.6 is 23.2 Å². The summed E-state index contributed by atoms with van der Waals surface area (Å²) in [5.41, 5.74) is 3.08. The molecule has 0 N–H and O–H groups in total. The van der Waals surface area contributed by atoms with Crippen LogP contribution < -0.4 is 0 Å². The zero-order valence-electron chi connectivity index (χ0n) is 8.83. The lowest BCUT2D eigenvalue weighted by Gasteiger charge is -2.09. The van der Waals surface area contributed by atoms with Crippen LogP contribution in [0.4, 0.5) is 4.39 Å². The summed E-state index contributed by atoms with van der Waals surface area (Å²) in [6, 6.07) is 13.7. The number of hydrogen-bond acceptors (Lipinski definition) is 0. The van der Waals surface area contributed by atoms with Crippen LogP contribution in [0.5, 0.6) is 0 Å². The highest BCUT2D eigenvalue weighted by molar-refractivity contribution is 6.34. The minimum atomic E-state index is -0.320. The largest absolute Gasteiger partial charge is 0.206 e. The van der Waals surface area contributed by atoms with Gasteiger partial charge in [0.1, 0.15) is 5.82 Å². The lowest BCUT2D eigenvalue weighted by atomic mass is 9.99. The van der Waals surface area contributed by atoms with Crippen molar-refractivity contribution in [3.05, 3.63) is 76.0 Å². The van der Waals surface area contributed by atoms with E-state index in [0.717, 1.165) is 0 Å². The standard InChI is InChI=1S/C14H9Cl2F/c15-9-12(10-5-1-3-7-13(10)16)11-6-2-4-8-14(11)17/h1-9H. The lowest BCUT2D eigenvalue weighted by Crippen LogP contribution is -1.92. The van der Waals surface area contributed by atoms with Crippen LogP contribution in [0.1, 0.15) is 11.1 Å². The molecular weight excluding hydrogens is 258 g/mol. The van der Waals surface area contributed by atoms with Crippen molar-refractivity contribution in [1.82, 2.24) is 0 Å². The Balaban J connectivity index is 2.57. The molecule has 0 saturated heterocycles. The molecule has 0 saturated carbocycles. The van der Waals surface area contributed by atoms with Crippen molar-refractivity contribution < 1.29 is 4.39 Å². The predicted octanol–water partition coefficient (Wildman–Crippen LogP) is 5.11. The summed E-state index contributed by atoms with van der Waals surface area (Å²) in [7, 11) is 0. The van der Waals surface area contributed by atoms with Crippen molar-refractivity contribution in [3.63, 3.8) is 0 Å². The summed E-state index contributed by atoms with van der Waals surface area (Å²) in [5.74, 6) is -0.320. The van der Waals surface area contributed by atoms with Gasteiger partial charge in [0.2, 0.25) is 0 Å². The van der Waals surface area contributed by atoms with E-state index >= 15 is 0 Å². The fraction of sp³-hybridized carbons (Fsp3) is 0. The Morgan fingerprint density at radius 2 is 1.53 bits per heavy atom. The highest BCUT2D eigenvalue weighted by atomic mass is 35.5. The van der Waals surface area contributed by atoms with E-state index in [1.165, 1.54) is 11.6 Å². The minimum absolute atomic E-state index is 0.320. The molecule has 0 aliphatic heterocycles. The smallest absolute Gasteiger partial charge is 0.131 e. The first kappa shape index (κ1) is 12.2. The Morgan fingerprint density at radius 3 is 2.12 bits per heavy atom. The van der Waals surface area contributed by atoms with Crippen molar-refractivity contribution >= 4 is 28.8 Å². The van der Waals surface area contributed by atoms with E-state index in [1.54, 1.807) is 24.3 Å². The Bertz CT molecular complexity index is 514. The molecule has 2 rings (SSSR count). The van der Waals surface area contributed by atoms with Crippen LogP contribution in [0.3, 0.4) is 0 Å². The maximum Gasteiger partial charge on any atom is 0.131 e. The Hall–Kier alpha value is -1.31. The number of halogens is 3. The average Bonchev–Trinajstić information content (AvgIpc) is 2.34. The van der Waals surface area contributed by atoms with Gasteiger partial charge in [-0.3, -0.25) is 0 Å². The molecule has 0 amide bonds. The number of hydrogen-bond donors (Lipinski definition) is 0. The molecule has 0 unspecified atom stereocenters. The van der Waals surface area contributed by atoms with Crippen LogP contribution in [-0.2, 0) is 0 Å². The van der Waals surface area contributed by atoms with Gasteiger partial charge in [-0.15, -0.1) is 0 Å². The number of rotatable bonds is 2. The molecule has 0 radical (unpaired) electrons. The van der Waals surface area contributed by atoms with Crippen LogP contribution in [0.2, 0.25) is 5.02 Å². The van der Waals surface area contributed by atoms with Crippen molar-refractivity contribution in [2.24, 2.45) is 0 Å². The van der Waals surface area contributed by atoms with Gasteiger partial charge in [-0.2, -0.15) is 0 Å². The maximum atomic E-state index is 13.7. The molecule has 0 aromatic heterocycles. The van der Waals surface area contributed by atoms with Gasteiger partial charge < -0.3 is 0 Å². The summed E-state index contributed by atoms with van der Waals surface area (Å²) >= 11 is 11.9. The quantitative estimate of drug-likeness (QED) is 0.709. The molecule has 0 fully saturated rings. The van der Waals surface area contributed by atoms with Crippen molar-refractivity contribution in [3.8, 4) is 0 Å². The molecule has 0 spiro atoms. The van der Waals surface area contributed by atoms with Gasteiger partial charge in [-0.25, -0.2) is 4.39 Å². The second-order valence-corrected chi connectivity index (χ2v) is 4.11. The van der Waals surface area contributed by atoms with Crippen LogP contribution in [0, 0.1) is 5.82 Å². The summed E-state index contributed by atoms with van der Waals surface area (Å²) in [4.78, 5) is 0. The molecule has 0 aliphatic rings. The maximum absolute atomic E-state index is 13.7. The second-order valence-electron chi connectivity index (χ2n) is 3.48. The van der Waals surface area contributed by atoms with E-state index in [-0.39, 0.29) is 5.82 Å². The Labute approximate surface area is 109 Å². The zero-order valence-corrected chi connectivity index (χ0v) is 10.3. The van der Waals surface area contributed by atoms with E-state index in [1.807, 2.05) is 18.2 Å². The Kier molecular flexibility index (Phi) is 3.82. The minimum Gasteiger partial charge on any atom is -0.206 e. The van der Waals surface area contributed by atoms with Crippen molar-refractivity contribution in [1.29, 1.82) is 0 Å². The molecular formula is C14H9Cl2F. The Morgan fingerprint density at radius 1 is 0.941 bits per heavy atom. The van der Waals surface area contributed by atoms with Gasteiger partial charge in [0.25, 0.3) is 0 Å². The van der Waals surface area contributed by atoms with Gasteiger partial charge in [0.15, 0.2) is 0 Å². The topological polar surface area (TPSA) is 0 Å². The van der Waals surface area contributed by atoms with Gasteiger partial charge in [0.05, 0.1) is 0 Å². The monoisotopic (exact) mass is 266 g/mol. The SMILES string of the molecule is Fc1ccccc1C(=CCl)c1ccccc1Cl. The summed E-state index contributed by atoms with van der Waals surface area (Å²) in [5, 5.41) is 0.544. The van der Waals surface area contributed by atoms with Gasteiger partial charge >= 0.3 is 0 Å². The van der Waals surface area contributed by atoms with Gasteiger partial charge in [-0.05, 0) is 12.1 Å². The second kappa shape index (κ2) is 5.35. The molecule has 86 valence electrons. The number of benzene rings is 2. The summed E-state index contributed by atoms with van der Waals surface area (Å²) < 4.78 is 13.7. The normalized spacial score (nSPS) is 11.6. The third kappa shape index (κ3) is 2.51. The summed E-state index contributed by atoms with van der Waals surface area (Å²) in [6.45, 7) is 0. The molecule has 17 heavy (non-hydrogen) atoms.